The smallest absolute Gasteiger partial charge is 0.335 e. The van der Waals surface area contributed by atoms with Crippen molar-refractivity contribution in [2.75, 3.05) is 6.54 Å². The average Bonchev–Trinajstić information content (AvgIpc) is 2.52. The fraction of sp³-hybridized carbons (Fsp3) is 0.500. The summed E-state index contributed by atoms with van der Waals surface area (Å²) in [6.45, 7) is 0.984. The highest BCUT2D eigenvalue weighted by atomic mass is 16.4. The first-order valence-corrected chi connectivity index (χ1v) is 7.42. The van der Waals surface area contributed by atoms with Crippen molar-refractivity contribution in [1.29, 1.82) is 0 Å². The van der Waals surface area contributed by atoms with Crippen LogP contribution < -0.4 is 11.1 Å². The van der Waals surface area contributed by atoms with E-state index in [-0.39, 0.29) is 23.3 Å². The van der Waals surface area contributed by atoms with Crippen LogP contribution in [0.25, 0.3) is 0 Å². The molecule has 1 aliphatic rings. The number of amides is 1. The SMILES string of the molecule is NCC1CCCCC1C(=O)NCc1ccc(C(=O)O)cc1. The number of hydrogen-bond donors (Lipinski definition) is 3. The van der Waals surface area contributed by atoms with Gasteiger partial charge in [-0.3, -0.25) is 4.79 Å². The Kier molecular flexibility index (Phi) is 5.33. The van der Waals surface area contributed by atoms with Crippen molar-refractivity contribution >= 4 is 11.9 Å². The van der Waals surface area contributed by atoms with E-state index in [0.29, 0.717) is 13.1 Å². The molecule has 2 unspecified atom stereocenters. The summed E-state index contributed by atoms with van der Waals surface area (Å²) in [5.74, 6) is -0.582. The van der Waals surface area contributed by atoms with Gasteiger partial charge in [-0.1, -0.05) is 25.0 Å². The molecule has 4 N–H and O–H groups in total. The van der Waals surface area contributed by atoms with Crippen molar-refractivity contribution in [3.8, 4) is 0 Å². The van der Waals surface area contributed by atoms with Crippen LogP contribution in [0.5, 0.6) is 0 Å². The molecule has 0 heterocycles. The quantitative estimate of drug-likeness (QED) is 0.770. The van der Waals surface area contributed by atoms with Gasteiger partial charge in [-0.25, -0.2) is 4.79 Å². The van der Waals surface area contributed by atoms with E-state index in [1.807, 2.05) is 0 Å². The summed E-state index contributed by atoms with van der Waals surface area (Å²) in [7, 11) is 0. The molecular formula is C16H22N2O3. The number of carboxylic acid groups (broad SMARTS) is 1. The number of hydrogen-bond acceptors (Lipinski definition) is 3. The minimum atomic E-state index is -0.946. The lowest BCUT2D eigenvalue weighted by molar-refractivity contribution is -0.127. The molecule has 1 saturated carbocycles. The predicted molar refractivity (Wildman–Crippen MR) is 79.8 cm³/mol. The first-order valence-electron chi connectivity index (χ1n) is 7.42. The summed E-state index contributed by atoms with van der Waals surface area (Å²) in [6, 6.07) is 6.55. The minimum Gasteiger partial charge on any atom is -0.478 e. The lowest BCUT2D eigenvalue weighted by Gasteiger charge is -2.29. The summed E-state index contributed by atoms with van der Waals surface area (Å²) in [5.41, 5.74) is 6.90. The highest BCUT2D eigenvalue weighted by Gasteiger charge is 2.29. The van der Waals surface area contributed by atoms with E-state index in [9.17, 15) is 9.59 Å². The van der Waals surface area contributed by atoms with Crippen LogP contribution in [-0.4, -0.2) is 23.5 Å². The molecule has 0 aliphatic heterocycles. The Labute approximate surface area is 124 Å². The van der Waals surface area contributed by atoms with Crippen LogP contribution in [0.2, 0.25) is 0 Å². The van der Waals surface area contributed by atoms with E-state index in [1.54, 1.807) is 24.3 Å². The topological polar surface area (TPSA) is 92.4 Å². The molecule has 0 aromatic heterocycles. The van der Waals surface area contributed by atoms with Gasteiger partial charge in [-0.15, -0.1) is 0 Å². The van der Waals surface area contributed by atoms with Crippen molar-refractivity contribution in [2.24, 2.45) is 17.6 Å². The molecule has 2 rings (SSSR count). The number of aromatic carboxylic acids is 1. The largest absolute Gasteiger partial charge is 0.478 e. The molecule has 2 atom stereocenters. The monoisotopic (exact) mass is 290 g/mol. The molecule has 1 fully saturated rings. The van der Waals surface area contributed by atoms with Crippen molar-refractivity contribution < 1.29 is 14.7 Å². The first kappa shape index (κ1) is 15.5. The summed E-state index contributed by atoms with van der Waals surface area (Å²) in [5, 5.41) is 11.8. The van der Waals surface area contributed by atoms with Crippen LogP contribution in [-0.2, 0) is 11.3 Å². The Balaban J connectivity index is 1.89. The van der Waals surface area contributed by atoms with E-state index in [1.165, 1.54) is 0 Å². The molecule has 5 nitrogen and oxygen atoms in total. The van der Waals surface area contributed by atoms with Crippen LogP contribution >= 0.6 is 0 Å². The first-order chi connectivity index (χ1) is 10.1. The van der Waals surface area contributed by atoms with E-state index in [4.69, 9.17) is 10.8 Å². The molecule has 5 heteroatoms. The van der Waals surface area contributed by atoms with Crippen LogP contribution in [0.4, 0.5) is 0 Å². The summed E-state index contributed by atoms with van der Waals surface area (Å²) < 4.78 is 0. The van der Waals surface area contributed by atoms with Crippen molar-refractivity contribution in [2.45, 2.75) is 32.2 Å². The third-order valence-corrected chi connectivity index (χ3v) is 4.22. The number of carbonyl (C=O) groups excluding carboxylic acids is 1. The van der Waals surface area contributed by atoms with Gasteiger partial charge < -0.3 is 16.2 Å². The van der Waals surface area contributed by atoms with Crippen molar-refractivity contribution in [3.63, 3.8) is 0 Å². The maximum absolute atomic E-state index is 12.3. The second-order valence-electron chi connectivity index (χ2n) is 5.61. The van der Waals surface area contributed by atoms with Crippen LogP contribution in [0.1, 0.15) is 41.6 Å². The van der Waals surface area contributed by atoms with Crippen LogP contribution in [0.3, 0.4) is 0 Å². The Morgan fingerprint density at radius 3 is 2.48 bits per heavy atom. The molecule has 1 aromatic rings. The molecule has 1 aromatic carbocycles. The zero-order valence-corrected chi connectivity index (χ0v) is 12.0. The molecule has 21 heavy (non-hydrogen) atoms. The van der Waals surface area contributed by atoms with Gasteiger partial charge in [0.25, 0.3) is 0 Å². The lowest BCUT2D eigenvalue weighted by atomic mass is 9.79. The van der Waals surface area contributed by atoms with Crippen molar-refractivity contribution in [1.82, 2.24) is 5.32 Å². The van der Waals surface area contributed by atoms with Crippen LogP contribution in [0.15, 0.2) is 24.3 Å². The van der Waals surface area contributed by atoms with E-state index >= 15 is 0 Å². The molecule has 0 saturated heterocycles. The highest BCUT2D eigenvalue weighted by molar-refractivity contribution is 5.87. The van der Waals surface area contributed by atoms with Gasteiger partial charge in [0.1, 0.15) is 0 Å². The fourth-order valence-corrected chi connectivity index (χ4v) is 2.92. The third kappa shape index (κ3) is 4.04. The second-order valence-corrected chi connectivity index (χ2v) is 5.61. The highest BCUT2D eigenvalue weighted by Crippen LogP contribution is 2.29. The maximum atomic E-state index is 12.3. The number of rotatable bonds is 5. The standard InChI is InChI=1S/C16H22N2O3/c17-9-13-3-1-2-4-14(13)15(19)18-10-11-5-7-12(8-6-11)16(20)21/h5-8,13-14H,1-4,9-10,17H2,(H,18,19)(H,20,21). The Bertz CT molecular complexity index is 499. The summed E-state index contributed by atoms with van der Waals surface area (Å²) in [6.07, 6.45) is 4.18. The van der Waals surface area contributed by atoms with E-state index in [2.05, 4.69) is 5.32 Å². The molecule has 1 aliphatic carbocycles. The molecule has 0 bridgehead atoms. The predicted octanol–water partition coefficient (Wildman–Crippen LogP) is 1.77. The molecular weight excluding hydrogens is 268 g/mol. The third-order valence-electron chi connectivity index (χ3n) is 4.22. The zero-order chi connectivity index (χ0) is 15.2. The summed E-state index contributed by atoms with van der Waals surface area (Å²) >= 11 is 0. The van der Waals surface area contributed by atoms with Crippen LogP contribution in [0, 0.1) is 11.8 Å². The molecule has 0 spiro atoms. The zero-order valence-electron chi connectivity index (χ0n) is 12.0. The number of nitrogens with one attached hydrogen (secondary N) is 1. The fourth-order valence-electron chi connectivity index (χ4n) is 2.92. The maximum Gasteiger partial charge on any atom is 0.335 e. The van der Waals surface area contributed by atoms with E-state index < -0.39 is 5.97 Å². The average molecular weight is 290 g/mol. The number of carbonyl (C=O) groups is 2. The van der Waals surface area contributed by atoms with Gasteiger partial charge in [0.05, 0.1) is 5.56 Å². The minimum absolute atomic E-state index is 0.0158. The molecule has 114 valence electrons. The van der Waals surface area contributed by atoms with Gasteiger partial charge >= 0.3 is 5.97 Å². The van der Waals surface area contributed by atoms with Gasteiger partial charge in [0.15, 0.2) is 0 Å². The Morgan fingerprint density at radius 2 is 1.86 bits per heavy atom. The second kappa shape index (κ2) is 7.22. The number of benzene rings is 1. The molecule has 1 amide bonds. The van der Waals surface area contributed by atoms with Gasteiger partial charge in [0.2, 0.25) is 5.91 Å². The van der Waals surface area contributed by atoms with E-state index in [0.717, 1.165) is 31.2 Å². The van der Waals surface area contributed by atoms with Crippen molar-refractivity contribution in [3.05, 3.63) is 35.4 Å². The summed E-state index contributed by atoms with van der Waals surface area (Å²) in [4.78, 5) is 23.0. The molecule has 0 radical (unpaired) electrons. The Morgan fingerprint density at radius 1 is 1.19 bits per heavy atom. The van der Waals surface area contributed by atoms with Gasteiger partial charge in [0, 0.05) is 12.5 Å². The normalized spacial score (nSPS) is 21.8. The Hall–Kier alpha value is -1.88. The van der Waals surface area contributed by atoms with Gasteiger partial charge in [-0.2, -0.15) is 0 Å². The number of carboxylic acids is 1. The lowest BCUT2D eigenvalue weighted by Crippen LogP contribution is -2.39. The van der Waals surface area contributed by atoms with Gasteiger partial charge in [-0.05, 0) is 43.0 Å². The number of nitrogens with two attached hydrogens (primary N) is 1.